The van der Waals surface area contributed by atoms with Crippen molar-refractivity contribution in [3.05, 3.63) is 33.3 Å². The Labute approximate surface area is 110 Å². The van der Waals surface area contributed by atoms with Crippen molar-refractivity contribution < 1.29 is 4.79 Å². The molecule has 0 aliphatic carbocycles. The molecule has 0 spiro atoms. The third-order valence-electron chi connectivity index (χ3n) is 2.48. The summed E-state index contributed by atoms with van der Waals surface area (Å²) in [5.74, 6) is 0.400. The Morgan fingerprint density at radius 3 is 2.88 bits per heavy atom. The first-order valence-corrected chi connectivity index (χ1v) is 6.45. The molecule has 0 saturated carbocycles. The van der Waals surface area contributed by atoms with Crippen molar-refractivity contribution >= 4 is 33.4 Å². The second-order valence-electron chi connectivity index (χ2n) is 3.85. The summed E-state index contributed by atoms with van der Waals surface area (Å²) in [7, 11) is 0. The Morgan fingerprint density at radius 2 is 2.25 bits per heavy atom. The summed E-state index contributed by atoms with van der Waals surface area (Å²) in [5.41, 5.74) is 0.579. The van der Waals surface area contributed by atoms with Gasteiger partial charge in [0, 0.05) is 16.0 Å². The molecule has 1 unspecified atom stereocenters. The van der Waals surface area contributed by atoms with Crippen molar-refractivity contribution in [1.82, 2.24) is 5.32 Å². The summed E-state index contributed by atoms with van der Waals surface area (Å²) >= 11 is 9.19. The molecule has 1 rings (SSSR count). The molecule has 1 N–H and O–H groups in total. The van der Waals surface area contributed by atoms with Gasteiger partial charge < -0.3 is 5.32 Å². The fraction of sp³-hybridized carbons (Fsp3) is 0.417. The molecule has 0 heterocycles. The van der Waals surface area contributed by atoms with E-state index in [4.69, 9.17) is 11.6 Å². The maximum Gasteiger partial charge on any atom is 0.252 e. The molecule has 2 nitrogen and oxygen atoms in total. The molecule has 1 aromatic rings. The third kappa shape index (κ3) is 3.80. The smallest absolute Gasteiger partial charge is 0.252 e. The number of hydrogen-bond acceptors (Lipinski definition) is 1. The predicted molar refractivity (Wildman–Crippen MR) is 70.9 cm³/mol. The van der Waals surface area contributed by atoms with Crippen LogP contribution in [0.2, 0.25) is 5.02 Å². The van der Waals surface area contributed by atoms with E-state index < -0.39 is 0 Å². The predicted octanol–water partition coefficient (Wildman–Crippen LogP) is 3.88. The number of benzene rings is 1. The number of amides is 1. The van der Waals surface area contributed by atoms with E-state index in [1.54, 1.807) is 18.2 Å². The quantitative estimate of drug-likeness (QED) is 0.898. The van der Waals surface area contributed by atoms with E-state index in [1.807, 2.05) is 0 Å². The zero-order valence-corrected chi connectivity index (χ0v) is 11.7. The van der Waals surface area contributed by atoms with Gasteiger partial charge in [-0.25, -0.2) is 0 Å². The van der Waals surface area contributed by atoms with Crippen LogP contribution in [0.4, 0.5) is 0 Å². The second kappa shape index (κ2) is 6.26. The van der Waals surface area contributed by atoms with Crippen LogP contribution in [0.5, 0.6) is 0 Å². The Bertz CT molecular complexity index is 381. The average molecular weight is 305 g/mol. The van der Waals surface area contributed by atoms with Gasteiger partial charge in [0.15, 0.2) is 0 Å². The molecule has 4 heteroatoms. The fourth-order valence-corrected chi connectivity index (χ4v) is 1.78. The van der Waals surface area contributed by atoms with E-state index in [2.05, 4.69) is 35.1 Å². The average Bonchev–Trinajstić information content (AvgIpc) is 2.28. The Kier molecular flexibility index (Phi) is 5.29. The van der Waals surface area contributed by atoms with E-state index in [-0.39, 0.29) is 5.91 Å². The lowest BCUT2D eigenvalue weighted by molar-refractivity contribution is 0.0947. The minimum Gasteiger partial charge on any atom is -0.352 e. The molecule has 0 aliphatic heterocycles. The van der Waals surface area contributed by atoms with Gasteiger partial charge in [-0.15, -0.1) is 0 Å². The molecule has 0 aromatic heterocycles. The van der Waals surface area contributed by atoms with Gasteiger partial charge in [-0.2, -0.15) is 0 Å². The Balaban J connectivity index is 2.69. The lowest BCUT2D eigenvalue weighted by Crippen LogP contribution is -2.28. The van der Waals surface area contributed by atoms with Crippen LogP contribution in [0.15, 0.2) is 22.7 Å². The molecule has 0 fully saturated rings. The van der Waals surface area contributed by atoms with E-state index in [0.29, 0.717) is 23.0 Å². The van der Waals surface area contributed by atoms with Crippen molar-refractivity contribution in [2.24, 2.45) is 5.92 Å². The molecule has 88 valence electrons. The minimum atomic E-state index is -0.0883. The summed E-state index contributed by atoms with van der Waals surface area (Å²) in [4.78, 5) is 11.8. The standard InChI is InChI=1S/C12H15BrClNO/c1-3-8(2)7-15-12(16)10-6-9(14)4-5-11(10)13/h4-6,8H,3,7H2,1-2H3,(H,15,16). The highest BCUT2D eigenvalue weighted by Crippen LogP contribution is 2.21. The van der Waals surface area contributed by atoms with Crippen molar-refractivity contribution in [3.63, 3.8) is 0 Å². The largest absolute Gasteiger partial charge is 0.352 e. The number of halogens is 2. The lowest BCUT2D eigenvalue weighted by Gasteiger charge is -2.11. The molecule has 0 saturated heterocycles. The molecule has 0 radical (unpaired) electrons. The maximum absolute atomic E-state index is 11.8. The van der Waals surface area contributed by atoms with Crippen LogP contribution in [0, 0.1) is 5.92 Å². The van der Waals surface area contributed by atoms with Gasteiger partial charge in [0.2, 0.25) is 0 Å². The van der Waals surface area contributed by atoms with Crippen molar-refractivity contribution in [3.8, 4) is 0 Å². The molecular weight excluding hydrogens is 289 g/mol. The van der Waals surface area contributed by atoms with Crippen LogP contribution >= 0.6 is 27.5 Å². The van der Waals surface area contributed by atoms with Gasteiger partial charge in [-0.1, -0.05) is 31.9 Å². The van der Waals surface area contributed by atoms with E-state index in [1.165, 1.54) is 0 Å². The number of nitrogens with one attached hydrogen (secondary N) is 1. The van der Waals surface area contributed by atoms with Crippen molar-refractivity contribution in [2.45, 2.75) is 20.3 Å². The van der Waals surface area contributed by atoms with Crippen LogP contribution in [0.3, 0.4) is 0 Å². The van der Waals surface area contributed by atoms with Crippen molar-refractivity contribution in [2.75, 3.05) is 6.54 Å². The molecular formula is C12H15BrClNO. The highest BCUT2D eigenvalue weighted by molar-refractivity contribution is 9.10. The number of carbonyl (C=O) groups is 1. The van der Waals surface area contributed by atoms with Crippen LogP contribution in [-0.2, 0) is 0 Å². The van der Waals surface area contributed by atoms with Gasteiger partial charge in [0.05, 0.1) is 5.56 Å². The van der Waals surface area contributed by atoms with E-state index in [0.717, 1.165) is 10.9 Å². The van der Waals surface area contributed by atoms with Gasteiger partial charge in [-0.3, -0.25) is 4.79 Å². The van der Waals surface area contributed by atoms with Gasteiger partial charge in [0.25, 0.3) is 5.91 Å². The molecule has 0 aliphatic rings. The summed E-state index contributed by atoms with van der Waals surface area (Å²) in [6, 6.07) is 5.19. The first-order valence-electron chi connectivity index (χ1n) is 5.27. The van der Waals surface area contributed by atoms with Crippen molar-refractivity contribution in [1.29, 1.82) is 0 Å². The van der Waals surface area contributed by atoms with Crippen LogP contribution in [-0.4, -0.2) is 12.5 Å². The topological polar surface area (TPSA) is 29.1 Å². The normalized spacial score (nSPS) is 12.2. The molecule has 16 heavy (non-hydrogen) atoms. The minimum absolute atomic E-state index is 0.0883. The van der Waals surface area contributed by atoms with Gasteiger partial charge in [-0.05, 0) is 40.0 Å². The highest BCUT2D eigenvalue weighted by atomic mass is 79.9. The Morgan fingerprint density at radius 1 is 1.56 bits per heavy atom. The molecule has 1 aromatic carbocycles. The summed E-state index contributed by atoms with van der Waals surface area (Å²) in [6.45, 7) is 4.90. The van der Waals surface area contributed by atoms with E-state index >= 15 is 0 Å². The molecule has 1 atom stereocenters. The van der Waals surface area contributed by atoms with Gasteiger partial charge >= 0.3 is 0 Å². The zero-order valence-electron chi connectivity index (χ0n) is 9.39. The lowest BCUT2D eigenvalue weighted by atomic mass is 10.1. The molecule has 0 bridgehead atoms. The number of carbonyl (C=O) groups excluding carboxylic acids is 1. The summed E-state index contributed by atoms with van der Waals surface area (Å²) in [5, 5.41) is 3.46. The number of hydrogen-bond donors (Lipinski definition) is 1. The second-order valence-corrected chi connectivity index (χ2v) is 5.14. The van der Waals surface area contributed by atoms with Crippen LogP contribution < -0.4 is 5.32 Å². The fourth-order valence-electron chi connectivity index (χ4n) is 1.18. The SMILES string of the molecule is CCC(C)CNC(=O)c1cc(Cl)ccc1Br. The third-order valence-corrected chi connectivity index (χ3v) is 3.41. The molecule has 1 amide bonds. The first-order chi connectivity index (χ1) is 7.54. The maximum atomic E-state index is 11.8. The summed E-state index contributed by atoms with van der Waals surface area (Å²) < 4.78 is 0.763. The Hall–Kier alpha value is -0.540. The monoisotopic (exact) mass is 303 g/mol. The zero-order chi connectivity index (χ0) is 12.1. The van der Waals surface area contributed by atoms with Crippen LogP contribution in [0.1, 0.15) is 30.6 Å². The highest BCUT2D eigenvalue weighted by Gasteiger charge is 2.11. The summed E-state index contributed by atoms with van der Waals surface area (Å²) in [6.07, 6.45) is 1.05. The number of rotatable bonds is 4. The van der Waals surface area contributed by atoms with Gasteiger partial charge in [0.1, 0.15) is 0 Å². The van der Waals surface area contributed by atoms with E-state index in [9.17, 15) is 4.79 Å². The first kappa shape index (κ1) is 13.5. The van der Waals surface area contributed by atoms with Crippen LogP contribution in [0.25, 0.3) is 0 Å².